The minimum absolute atomic E-state index is 0.496. The van der Waals surface area contributed by atoms with E-state index < -0.39 is 0 Å². The molecule has 1 aromatic carbocycles. The standard InChI is InChI=1S/C14H23NO/c1-5-8-15-12(3)10-13-9-11(2)6-7-14(13)16-4/h6-7,9,12,15H,5,8,10H2,1-4H3. The number of hydrogen-bond donors (Lipinski definition) is 1. The first-order valence-corrected chi connectivity index (χ1v) is 6.04. The lowest BCUT2D eigenvalue weighted by Crippen LogP contribution is -2.28. The third-order valence-corrected chi connectivity index (χ3v) is 2.70. The first-order valence-electron chi connectivity index (χ1n) is 6.04. The Morgan fingerprint density at radius 1 is 1.38 bits per heavy atom. The second-order valence-electron chi connectivity index (χ2n) is 4.37. The van der Waals surface area contributed by atoms with Crippen molar-refractivity contribution < 1.29 is 4.74 Å². The zero-order valence-corrected chi connectivity index (χ0v) is 10.8. The molecular weight excluding hydrogens is 198 g/mol. The quantitative estimate of drug-likeness (QED) is 0.797. The topological polar surface area (TPSA) is 21.3 Å². The van der Waals surface area contributed by atoms with Gasteiger partial charge in [0, 0.05) is 6.04 Å². The molecule has 1 rings (SSSR count). The van der Waals surface area contributed by atoms with E-state index in [1.165, 1.54) is 17.5 Å². The molecule has 0 bridgehead atoms. The molecule has 2 nitrogen and oxygen atoms in total. The lowest BCUT2D eigenvalue weighted by Gasteiger charge is -2.16. The fraction of sp³-hybridized carbons (Fsp3) is 0.571. The molecule has 0 radical (unpaired) electrons. The van der Waals surface area contributed by atoms with Crippen molar-refractivity contribution in [2.75, 3.05) is 13.7 Å². The van der Waals surface area contributed by atoms with Gasteiger partial charge in [0.25, 0.3) is 0 Å². The van der Waals surface area contributed by atoms with E-state index in [0.717, 1.165) is 18.7 Å². The van der Waals surface area contributed by atoms with E-state index in [1.54, 1.807) is 7.11 Å². The number of hydrogen-bond acceptors (Lipinski definition) is 2. The van der Waals surface area contributed by atoms with Crippen LogP contribution in [0.2, 0.25) is 0 Å². The van der Waals surface area contributed by atoms with E-state index in [4.69, 9.17) is 4.74 Å². The molecule has 0 heterocycles. The predicted octanol–water partition coefficient (Wildman–Crippen LogP) is 2.93. The highest BCUT2D eigenvalue weighted by atomic mass is 16.5. The molecule has 2 heteroatoms. The summed E-state index contributed by atoms with van der Waals surface area (Å²) in [6.07, 6.45) is 2.19. The Morgan fingerprint density at radius 2 is 2.12 bits per heavy atom. The fourth-order valence-electron chi connectivity index (χ4n) is 1.86. The van der Waals surface area contributed by atoms with Gasteiger partial charge in [0.1, 0.15) is 5.75 Å². The van der Waals surface area contributed by atoms with Crippen LogP contribution < -0.4 is 10.1 Å². The summed E-state index contributed by atoms with van der Waals surface area (Å²) in [4.78, 5) is 0. The number of rotatable bonds is 6. The molecule has 1 aromatic rings. The van der Waals surface area contributed by atoms with Gasteiger partial charge in [-0.2, -0.15) is 0 Å². The van der Waals surface area contributed by atoms with Gasteiger partial charge >= 0.3 is 0 Å². The van der Waals surface area contributed by atoms with Crippen LogP contribution in [-0.4, -0.2) is 19.7 Å². The molecule has 0 aliphatic heterocycles. The normalized spacial score (nSPS) is 12.5. The lowest BCUT2D eigenvalue weighted by molar-refractivity contribution is 0.406. The Kier molecular flexibility index (Phi) is 5.33. The molecule has 0 amide bonds. The van der Waals surface area contributed by atoms with Gasteiger partial charge in [-0.1, -0.05) is 24.6 Å². The molecule has 1 N–H and O–H groups in total. The highest BCUT2D eigenvalue weighted by Gasteiger charge is 2.07. The summed E-state index contributed by atoms with van der Waals surface area (Å²) in [5, 5.41) is 3.50. The summed E-state index contributed by atoms with van der Waals surface area (Å²) in [5.74, 6) is 0.996. The SMILES string of the molecule is CCCNC(C)Cc1cc(C)ccc1OC. The van der Waals surface area contributed by atoms with Gasteiger partial charge in [0.05, 0.1) is 7.11 Å². The van der Waals surface area contributed by atoms with Crippen molar-refractivity contribution in [3.63, 3.8) is 0 Å². The third-order valence-electron chi connectivity index (χ3n) is 2.70. The largest absolute Gasteiger partial charge is 0.496 e. The van der Waals surface area contributed by atoms with Gasteiger partial charge < -0.3 is 10.1 Å². The Hall–Kier alpha value is -1.02. The molecule has 0 aliphatic carbocycles. The van der Waals surface area contributed by atoms with Crippen molar-refractivity contribution in [2.45, 2.75) is 39.7 Å². The lowest BCUT2D eigenvalue weighted by atomic mass is 10.0. The molecule has 0 fully saturated rings. The number of aryl methyl sites for hydroxylation is 1. The minimum Gasteiger partial charge on any atom is -0.496 e. The van der Waals surface area contributed by atoms with E-state index in [2.05, 4.69) is 44.3 Å². The first-order chi connectivity index (χ1) is 7.67. The van der Waals surface area contributed by atoms with Gasteiger partial charge in [-0.15, -0.1) is 0 Å². The predicted molar refractivity (Wildman–Crippen MR) is 69.2 cm³/mol. The number of benzene rings is 1. The average molecular weight is 221 g/mol. The molecule has 0 aliphatic rings. The summed E-state index contributed by atoms with van der Waals surface area (Å²) < 4.78 is 5.38. The van der Waals surface area contributed by atoms with Crippen LogP contribution in [0, 0.1) is 6.92 Å². The summed E-state index contributed by atoms with van der Waals surface area (Å²) in [6, 6.07) is 6.85. The van der Waals surface area contributed by atoms with Gasteiger partial charge in [-0.05, 0) is 44.9 Å². The van der Waals surface area contributed by atoms with Crippen molar-refractivity contribution >= 4 is 0 Å². The van der Waals surface area contributed by atoms with Gasteiger partial charge in [-0.25, -0.2) is 0 Å². The number of methoxy groups -OCH3 is 1. The van der Waals surface area contributed by atoms with Gasteiger partial charge in [-0.3, -0.25) is 0 Å². The number of ether oxygens (including phenoxy) is 1. The van der Waals surface area contributed by atoms with Gasteiger partial charge in [0.2, 0.25) is 0 Å². The van der Waals surface area contributed by atoms with Crippen LogP contribution in [-0.2, 0) is 6.42 Å². The smallest absolute Gasteiger partial charge is 0.122 e. The zero-order chi connectivity index (χ0) is 12.0. The van der Waals surface area contributed by atoms with E-state index >= 15 is 0 Å². The highest BCUT2D eigenvalue weighted by Crippen LogP contribution is 2.21. The molecule has 0 spiro atoms. The molecule has 1 unspecified atom stereocenters. The third kappa shape index (κ3) is 3.86. The van der Waals surface area contributed by atoms with Crippen molar-refractivity contribution in [1.82, 2.24) is 5.32 Å². The van der Waals surface area contributed by atoms with E-state index in [9.17, 15) is 0 Å². The summed E-state index contributed by atoms with van der Waals surface area (Å²) in [5.41, 5.74) is 2.58. The van der Waals surface area contributed by atoms with Crippen LogP contribution in [0.1, 0.15) is 31.4 Å². The van der Waals surface area contributed by atoms with Crippen LogP contribution in [0.25, 0.3) is 0 Å². The summed E-state index contributed by atoms with van der Waals surface area (Å²) in [6.45, 7) is 7.60. The fourth-order valence-corrected chi connectivity index (χ4v) is 1.86. The van der Waals surface area contributed by atoms with Gasteiger partial charge in [0.15, 0.2) is 0 Å². The maximum absolute atomic E-state index is 5.38. The average Bonchev–Trinajstić information content (AvgIpc) is 2.27. The van der Waals surface area contributed by atoms with E-state index in [-0.39, 0.29) is 0 Å². The minimum atomic E-state index is 0.496. The van der Waals surface area contributed by atoms with Crippen molar-refractivity contribution in [1.29, 1.82) is 0 Å². The van der Waals surface area contributed by atoms with Crippen molar-refractivity contribution in [3.05, 3.63) is 29.3 Å². The molecule has 90 valence electrons. The van der Waals surface area contributed by atoms with Crippen LogP contribution in [0.5, 0.6) is 5.75 Å². The molecule has 0 aromatic heterocycles. The molecule has 16 heavy (non-hydrogen) atoms. The maximum Gasteiger partial charge on any atom is 0.122 e. The number of nitrogens with one attached hydrogen (secondary N) is 1. The second kappa shape index (κ2) is 6.54. The first kappa shape index (κ1) is 13.0. The van der Waals surface area contributed by atoms with Crippen LogP contribution >= 0.6 is 0 Å². The zero-order valence-electron chi connectivity index (χ0n) is 10.8. The highest BCUT2D eigenvalue weighted by molar-refractivity contribution is 5.37. The Morgan fingerprint density at radius 3 is 2.75 bits per heavy atom. The molecule has 0 saturated carbocycles. The van der Waals surface area contributed by atoms with Crippen molar-refractivity contribution in [3.8, 4) is 5.75 Å². The van der Waals surface area contributed by atoms with Crippen LogP contribution in [0.15, 0.2) is 18.2 Å². The Balaban J connectivity index is 2.67. The van der Waals surface area contributed by atoms with Crippen molar-refractivity contribution in [2.24, 2.45) is 0 Å². The Labute approximate surface area is 99.0 Å². The van der Waals surface area contributed by atoms with Crippen LogP contribution in [0.3, 0.4) is 0 Å². The molecule has 1 atom stereocenters. The monoisotopic (exact) mass is 221 g/mol. The van der Waals surface area contributed by atoms with E-state index in [1.807, 2.05) is 0 Å². The molecular formula is C14H23NO. The maximum atomic E-state index is 5.38. The summed E-state index contributed by atoms with van der Waals surface area (Å²) in [7, 11) is 1.73. The van der Waals surface area contributed by atoms with E-state index in [0.29, 0.717) is 6.04 Å². The second-order valence-corrected chi connectivity index (χ2v) is 4.37. The van der Waals surface area contributed by atoms with Crippen LogP contribution in [0.4, 0.5) is 0 Å². The summed E-state index contributed by atoms with van der Waals surface area (Å²) >= 11 is 0. The Bertz CT molecular complexity index is 323. The molecule has 0 saturated heterocycles.